The zero-order valence-corrected chi connectivity index (χ0v) is 15.1. The second-order valence-corrected chi connectivity index (χ2v) is 7.35. The summed E-state index contributed by atoms with van der Waals surface area (Å²) in [7, 11) is 1.95. The first kappa shape index (κ1) is 16.4. The Morgan fingerprint density at radius 2 is 1.96 bits per heavy atom. The standard InChI is InChI=1S/C18H22ClN5O/c1-22(15-2-3-15)18(25)13-5-8-23(9-6-13)17-11-20-7-4-16(17)24-12-14(19)10-21-24/h4,7,10-13,15H,2-3,5-6,8-9H2,1H3. The Bertz CT molecular complexity index is 764. The first-order valence-corrected chi connectivity index (χ1v) is 9.17. The third-order valence-corrected chi connectivity index (χ3v) is 5.40. The van der Waals surface area contributed by atoms with Crippen LogP contribution in [0.1, 0.15) is 25.7 Å². The van der Waals surface area contributed by atoms with E-state index < -0.39 is 0 Å². The van der Waals surface area contributed by atoms with E-state index in [1.807, 2.05) is 24.2 Å². The molecule has 2 aromatic rings. The average molecular weight is 360 g/mol. The normalized spacial score (nSPS) is 18.4. The number of carbonyl (C=O) groups excluding carboxylic acids is 1. The molecular formula is C18H22ClN5O. The SMILES string of the molecule is CN(C(=O)C1CCN(c2cnccc2-n2cc(Cl)cn2)CC1)C1CC1. The predicted octanol–water partition coefficient (Wildman–Crippen LogP) is 2.76. The van der Waals surface area contributed by atoms with E-state index >= 15 is 0 Å². The Morgan fingerprint density at radius 1 is 1.20 bits per heavy atom. The van der Waals surface area contributed by atoms with Crippen LogP contribution in [0, 0.1) is 5.92 Å². The number of carbonyl (C=O) groups is 1. The Morgan fingerprint density at radius 3 is 2.60 bits per heavy atom. The van der Waals surface area contributed by atoms with E-state index in [0.29, 0.717) is 17.0 Å². The van der Waals surface area contributed by atoms with E-state index in [1.54, 1.807) is 23.3 Å². The summed E-state index contributed by atoms with van der Waals surface area (Å²) >= 11 is 6.01. The van der Waals surface area contributed by atoms with Crippen molar-refractivity contribution < 1.29 is 4.79 Å². The van der Waals surface area contributed by atoms with Crippen LogP contribution in [0.2, 0.25) is 5.02 Å². The topological polar surface area (TPSA) is 54.3 Å². The maximum atomic E-state index is 12.6. The second-order valence-electron chi connectivity index (χ2n) is 6.91. The van der Waals surface area contributed by atoms with Crippen LogP contribution in [0.15, 0.2) is 30.9 Å². The molecule has 25 heavy (non-hydrogen) atoms. The molecular weight excluding hydrogens is 338 g/mol. The first-order chi connectivity index (χ1) is 12.1. The van der Waals surface area contributed by atoms with Crippen molar-refractivity contribution in [3.05, 3.63) is 35.9 Å². The molecule has 1 amide bonds. The van der Waals surface area contributed by atoms with Gasteiger partial charge in [0.25, 0.3) is 0 Å². The van der Waals surface area contributed by atoms with Crippen LogP contribution in [0.5, 0.6) is 0 Å². The number of piperidine rings is 1. The largest absolute Gasteiger partial charge is 0.368 e. The van der Waals surface area contributed by atoms with Gasteiger partial charge in [0, 0.05) is 44.5 Å². The minimum absolute atomic E-state index is 0.140. The quantitative estimate of drug-likeness (QED) is 0.842. The van der Waals surface area contributed by atoms with Gasteiger partial charge in [-0.1, -0.05) is 11.6 Å². The van der Waals surface area contributed by atoms with Crippen molar-refractivity contribution >= 4 is 23.2 Å². The molecule has 1 saturated carbocycles. The van der Waals surface area contributed by atoms with Gasteiger partial charge in [-0.3, -0.25) is 9.78 Å². The highest BCUT2D eigenvalue weighted by molar-refractivity contribution is 6.30. The fraction of sp³-hybridized carbons (Fsp3) is 0.500. The summed E-state index contributed by atoms with van der Waals surface area (Å²) in [5, 5.41) is 4.91. The van der Waals surface area contributed by atoms with Gasteiger partial charge in [0.15, 0.2) is 0 Å². The molecule has 0 unspecified atom stereocenters. The van der Waals surface area contributed by atoms with Gasteiger partial charge < -0.3 is 9.80 Å². The molecule has 7 heteroatoms. The van der Waals surface area contributed by atoms with Crippen LogP contribution < -0.4 is 4.90 Å². The zero-order valence-electron chi connectivity index (χ0n) is 14.3. The predicted molar refractivity (Wildman–Crippen MR) is 97.1 cm³/mol. The molecule has 1 aliphatic carbocycles. The lowest BCUT2D eigenvalue weighted by atomic mass is 9.95. The number of anilines is 1. The Balaban J connectivity index is 1.47. The van der Waals surface area contributed by atoms with Crippen molar-refractivity contribution in [2.75, 3.05) is 25.0 Å². The summed E-state index contributed by atoms with van der Waals surface area (Å²) in [5.74, 6) is 0.452. The van der Waals surface area contributed by atoms with Crippen molar-refractivity contribution in [3.63, 3.8) is 0 Å². The molecule has 1 saturated heterocycles. The maximum absolute atomic E-state index is 12.6. The maximum Gasteiger partial charge on any atom is 0.225 e. The fourth-order valence-electron chi connectivity index (χ4n) is 3.55. The van der Waals surface area contributed by atoms with Gasteiger partial charge in [-0.25, -0.2) is 4.68 Å². The summed E-state index contributed by atoms with van der Waals surface area (Å²) in [6, 6.07) is 2.43. The lowest BCUT2D eigenvalue weighted by molar-refractivity contribution is -0.135. The smallest absolute Gasteiger partial charge is 0.225 e. The molecule has 0 atom stereocenters. The third kappa shape index (κ3) is 3.35. The molecule has 0 aromatic carbocycles. The van der Waals surface area contributed by atoms with Crippen molar-refractivity contribution in [1.29, 1.82) is 0 Å². The van der Waals surface area contributed by atoms with E-state index in [1.165, 1.54) is 0 Å². The molecule has 2 aliphatic rings. The number of amides is 1. The van der Waals surface area contributed by atoms with Gasteiger partial charge in [0.1, 0.15) is 0 Å². The second kappa shape index (κ2) is 6.67. The molecule has 3 heterocycles. The highest BCUT2D eigenvalue weighted by Crippen LogP contribution is 2.31. The molecule has 1 aliphatic heterocycles. The minimum atomic E-state index is 0.140. The van der Waals surface area contributed by atoms with E-state index in [9.17, 15) is 4.79 Å². The number of rotatable bonds is 4. The zero-order chi connectivity index (χ0) is 17.4. The van der Waals surface area contributed by atoms with Crippen LogP contribution in [-0.2, 0) is 4.79 Å². The molecule has 4 rings (SSSR count). The molecule has 0 N–H and O–H groups in total. The summed E-state index contributed by atoms with van der Waals surface area (Å²) in [4.78, 5) is 21.1. The van der Waals surface area contributed by atoms with Gasteiger partial charge in [0.2, 0.25) is 5.91 Å². The summed E-state index contributed by atoms with van der Waals surface area (Å²) in [5.41, 5.74) is 1.99. The van der Waals surface area contributed by atoms with Crippen molar-refractivity contribution in [2.45, 2.75) is 31.7 Å². The van der Waals surface area contributed by atoms with Crippen LogP contribution in [-0.4, -0.2) is 51.8 Å². The summed E-state index contributed by atoms with van der Waals surface area (Å²) in [6.45, 7) is 1.70. The van der Waals surface area contributed by atoms with Crippen LogP contribution >= 0.6 is 11.6 Å². The number of aromatic nitrogens is 3. The van der Waals surface area contributed by atoms with Gasteiger partial charge in [-0.2, -0.15) is 5.10 Å². The monoisotopic (exact) mass is 359 g/mol. The number of hydrogen-bond acceptors (Lipinski definition) is 4. The van der Waals surface area contributed by atoms with E-state index in [2.05, 4.69) is 15.0 Å². The van der Waals surface area contributed by atoms with Gasteiger partial charge >= 0.3 is 0 Å². The number of nitrogens with zero attached hydrogens (tertiary/aromatic N) is 5. The van der Waals surface area contributed by atoms with Gasteiger partial charge in [0.05, 0.1) is 28.8 Å². The Kier molecular flexibility index (Phi) is 4.37. The first-order valence-electron chi connectivity index (χ1n) is 8.79. The van der Waals surface area contributed by atoms with E-state index in [-0.39, 0.29) is 5.92 Å². The molecule has 2 fully saturated rings. The van der Waals surface area contributed by atoms with Crippen molar-refractivity contribution in [1.82, 2.24) is 19.7 Å². The molecule has 6 nitrogen and oxygen atoms in total. The molecule has 0 spiro atoms. The van der Waals surface area contributed by atoms with Crippen LogP contribution in [0.4, 0.5) is 5.69 Å². The number of hydrogen-bond donors (Lipinski definition) is 0. The highest BCUT2D eigenvalue weighted by Gasteiger charge is 2.34. The summed E-state index contributed by atoms with van der Waals surface area (Å²) in [6.07, 6.45) is 11.1. The molecule has 0 radical (unpaired) electrons. The lowest BCUT2D eigenvalue weighted by Gasteiger charge is -2.35. The molecule has 2 aromatic heterocycles. The van der Waals surface area contributed by atoms with E-state index in [0.717, 1.165) is 50.1 Å². The van der Waals surface area contributed by atoms with Gasteiger partial charge in [-0.05, 0) is 31.7 Å². The molecule has 0 bridgehead atoms. The Hall–Kier alpha value is -2.08. The third-order valence-electron chi connectivity index (χ3n) is 5.20. The van der Waals surface area contributed by atoms with Gasteiger partial charge in [-0.15, -0.1) is 0 Å². The Labute approximate surface area is 152 Å². The van der Waals surface area contributed by atoms with Crippen LogP contribution in [0.3, 0.4) is 0 Å². The van der Waals surface area contributed by atoms with Crippen molar-refractivity contribution in [3.8, 4) is 5.69 Å². The fourth-order valence-corrected chi connectivity index (χ4v) is 3.68. The minimum Gasteiger partial charge on any atom is -0.368 e. The average Bonchev–Trinajstić information content (AvgIpc) is 3.41. The lowest BCUT2D eigenvalue weighted by Crippen LogP contribution is -2.42. The van der Waals surface area contributed by atoms with Crippen molar-refractivity contribution in [2.24, 2.45) is 5.92 Å². The summed E-state index contributed by atoms with van der Waals surface area (Å²) < 4.78 is 1.78. The molecule has 132 valence electrons. The number of pyridine rings is 1. The van der Waals surface area contributed by atoms with Crippen LogP contribution in [0.25, 0.3) is 5.69 Å². The van der Waals surface area contributed by atoms with E-state index in [4.69, 9.17) is 11.6 Å². The highest BCUT2D eigenvalue weighted by atomic mass is 35.5. The number of halogens is 1.